The Labute approximate surface area is 138 Å². The predicted molar refractivity (Wildman–Crippen MR) is 89.0 cm³/mol. The molecule has 0 aliphatic heterocycles. The molecule has 0 radical (unpaired) electrons. The molecule has 0 heterocycles. The van der Waals surface area contributed by atoms with Crippen molar-refractivity contribution in [2.24, 2.45) is 5.73 Å². The molecule has 0 aromatic heterocycles. The van der Waals surface area contributed by atoms with Crippen LogP contribution in [0.25, 0.3) is 0 Å². The SMILES string of the molecule is NC(=O)c1ccc(C(=O)NCCCSc2ccc(F)cc2)cc1. The van der Waals surface area contributed by atoms with Crippen molar-refractivity contribution < 1.29 is 14.0 Å². The van der Waals surface area contributed by atoms with E-state index in [9.17, 15) is 14.0 Å². The maximum atomic E-state index is 12.8. The van der Waals surface area contributed by atoms with E-state index in [1.54, 1.807) is 36.0 Å². The van der Waals surface area contributed by atoms with Crippen molar-refractivity contribution in [2.75, 3.05) is 12.3 Å². The number of nitrogens with two attached hydrogens (primary N) is 1. The number of thioether (sulfide) groups is 1. The molecule has 120 valence electrons. The van der Waals surface area contributed by atoms with Crippen LogP contribution in [-0.4, -0.2) is 24.1 Å². The molecule has 0 fully saturated rings. The number of nitrogens with one attached hydrogen (secondary N) is 1. The maximum Gasteiger partial charge on any atom is 0.251 e. The minimum atomic E-state index is -0.519. The smallest absolute Gasteiger partial charge is 0.251 e. The molecule has 6 heteroatoms. The molecule has 2 amide bonds. The van der Waals surface area contributed by atoms with Crippen LogP contribution >= 0.6 is 11.8 Å². The van der Waals surface area contributed by atoms with E-state index in [1.807, 2.05) is 0 Å². The van der Waals surface area contributed by atoms with Crippen LogP contribution in [0.3, 0.4) is 0 Å². The van der Waals surface area contributed by atoms with E-state index in [0.29, 0.717) is 17.7 Å². The number of amides is 2. The quantitative estimate of drug-likeness (QED) is 0.605. The summed E-state index contributed by atoms with van der Waals surface area (Å²) in [6.45, 7) is 0.546. The third-order valence-corrected chi connectivity index (χ3v) is 4.22. The van der Waals surface area contributed by atoms with Crippen LogP contribution in [0.5, 0.6) is 0 Å². The summed E-state index contributed by atoms with van der Waals surface area (Å²) in [4.78, 5) is 23.9. The molecule has 0 spiro atoms. The van der Waals surface area contributed by atoms with Crippen molar-refractivity contribution in [3.05, 3.63) is 65.5 Å². The van der Waals surface area contributed by atoms with Gasteiger partial charge >= 0.3 is 0 Å². The average Bonchev–Trinajstić information content (AvgIpc) is 2.56. The second-order valence-electron chi connectivity index (χ2n) is 4.85. The Hall–Kier alpha value is -2.34. The average molecular weight is 332 g/mol. The molecular formula is C17H17FN2O2S. The summed E-state index contributed by atoms with van der Waals surface area (Å²) in [6.07, 6.45) is 0.799. The Morgan fingerprint density at radius 1 is 1.00 bits per heavy atom. The lowest BCUT2D eigenvalue weighted by Gasteiger charge is -2.06. The Morgan fingerprint density at radius 3 is 2.22 bits per heavy atom. The van der Waals surface area contributed by atoms with Crippen molar-refractivity contribution in [3.63, 3.8) is 0 Å². The van der Waals surface area contributed by atoms with Crippen LogP contribution < -0.4 is 11.1 Å². The van der Waals surface area contributed by atoms with Crippen LogP contribution in [0.15, 0.2) is 53.4 Å². The Morgan fingerprint density at radius 2 is 1.61 bits per heavy atom. The van der Waals surface area contributed by atoms with E-state index in [2.05, 4.69) is 5.32 Å². The summed E-state index contributed by atoms with van der Waals surface area (Å²) in [5.41, 5.74) is 6.01. The second kappa shape index (κ2) is 8.33. The van der Waals surface area contributed by atoms with E-state index >= 15 is 0 Å². The van der Waals surface area contributed by atoms with Gasteiger partial charge in [0.2, 0.25) is 5.91 Å². The summed E-state index contributed by atoms with van der Waals surface area (Å²) >= 11 is 1.61. The van der Waals surface area contributed by atoms with Gasteiger partial charge in [0.15, 0.2) is 0 Å². The van der Waals surface area contributed by atoms with E-state index in [1.165, 1.54) is 24.3 Å². The molecule has 2 aromatic carbocycles. The van der Waals surface area contributed by atoms with E-state index in [4.69, 9.17) is 5.73 Å². The number of hydrogen-bond donors (Lipinski definition) is 2. The van der Waals surface area contributed by atoms with Crippen LogP contribution in [0, 0.1) is 5.82 Å². The highest BCUT2D eigenvalue weighted by Gasteiger charge is 2.06. The number of carbonyl (C=O) groups is 2. The van der Waals surface area contributed by atoms with Gasteiger partial charge in [-0.15, -0.1) is 11.8 Å². The van der Waals surface area contributed by atoms with Gasteiger partial charge in [-0.2, -0.15) is 0 Å². The Kier molecular flexibility index (Phi) is 6.17. The number of benzene rings is 2. The van der Waals surface area contributed by atoms with Gasteiger partial charge in [-0.3, -0.25) is 9.59 Å². The fraction of sp³-hybridized carbons (Fsp3) is 0.176. The van der Waals surface area contributed by atoms with Gasteiger partial charge in [0.05, 0.1) is 0 Å². The molecule has 0 unspecified atom stereocenters. The first kappa shape index (κ1) is 17.0. The van der Waals surface area contributed by atoms with Gasteiger partial charge in [-0.25, -0.2) is 4.39 Å². The van der Waals surface area contributed by atoms with Crippen LogP contribution in [-0.2, 0) is 0 Å². The monoisotopic (exact) mass is 332 g/mol. The standard InChI is InChI=1S/C17H17FN2O2S/c18-14-6-8-15(9-7-14)23-11-1-10-20-17(22)13-4-2-12(3-5-13)16(19)21/h2-9H,1,10-11H2,(H2,19,21)(H,20,22). The molecule has 0 atom stereocenters. The fourth-order valence-electron chi connectivity index (χ4n) is 1.88. The molecule has 0 aliphatic rings. The molecule has 0 saturated carbocycles. The lowest BCUT2D eigenvalue weighted by atomic mass is 10.1. The predicted octanol–water partition coefficient (Wildman–Crippen LogP) is 2.84. The highest BCUT2D eigenvalue weighted by Crippen LogP contribution is 2.18. The van der Waals surface area contributed by atoms with E-state index in [0.717, 1.165) is 17.1 Å². The molecule has 2 aromatic rings. The normalized spacial score (nSPS) is 10.3. The first-order valence-corrected chi connectivity index (χ1v) is 8.11. The third kappa shape index (κ3) is 5.41. The lowest BCUT2D eigenvalue weighted by Crippen LogP contribution is -2.24. The number of primary amides is 1. The first-order chi connectivity index (χ1) is 11.1. The van der Waals surface area contributed by atoms with E-state index < -0.39 is 5.91 Å². The zero-order valence-electron chi connectivity index (χ0n) is 12.4. The molecule has 23 heavy (non-hydrogen) atoms. The van der Waals surface area contributed by atoms with Crippen molar-refractivity contribution in [2.45, 2.75) is 11.3 Å². The molecular weight excluding hydrogens is 315 g/mol. The van der Waals surface area contributed by atoms with Crippen molar-refractivity contribution >= 4 is 23.6 Å². The molecule has 4 nitrogen and oxygen atoms in total. The minimum absolute atomic E-state index is 0.187. The van der Waals surface area contributed by atoms with E-state index in [-0.39, 0.29) is 11.7 Å². The van der Waals surface area contributed by atoms with Gasteiger partial charge in [0.1, 0.15) is 5.82 Å². The molecule has 2 rings (SSSR count). The van der Waals surface area contributed by atoms with Gasteiger partial charge in [-0.05, 0) is 60.7 Å². The fourth-order valence-corrected chi connectivity index (χ4v) is 2.74. The number of carbonyl (C=O) groups excluding carboxylic acids is 2. The van der Waals surface area contributed by atoms with Gasteiger partial charge in [-0.1, -0.05) is 0 Å². The largest absolute Gasteiger partial charge is 0.366 e. The summed E-state index contributed by atoms with van der Waals surface area (Å²) in [7, 11) is 0. The van der Waals surface area contributed by atoms with Crippen LogP contribution in [0.2, 0.25) is 0 Å². The highest BCUT2D eigenvalue weighted by atomic mass is 32.2. The van der Waals surface area contributed by atoms with Crippen molar-refractivity contribution in [1.82, 2.24) is 5.32 Å². The molecule has 0 aliphatic carbocycles. The maximum absolute atomic E-state index is 12.8. The first-order valence-electron chi connectivity index (χ1n) is 7.12. The van der Waals surface area contributed by atoms with Crippen molar-refractivity contribution in [1.29, 1.82) is 0 Å². The minimum Gasteiger partial charge on any atom is -0.366 e. The van der Waals surface area contributed by atoms with Gasteiger partial charge in [0, 0.05) is 22.6 Å². The lowest BCUT2D eigenvalue weighted by molar-refractivity contribution is 0.0951. The van der Waals surface area contributed by atoms with Crippen LogP contribution in [0.4, 0.5) is 4.39 Å². The topological polar surface area (TPSA) is 72.2 Å². The van der Waals surface area contributed by atoms with Gasteiger partial charge < -0.3 is 11.1 Å². The zero-order valence-corrected chi connectivity index (χ0v) is 13.2. The molecule has 3 N–H and O–H groups in total. The summed E-state index contributed by atoms with van der Waals surface area (Å²) in [5.74, 6) is -0.126. The third-order valence-electron chi connectivity index (χ3n) is 3.12. The summed E-state index contributed by atoms with van der Waals surface area (Å²) in [5, 5.41) is 2.81. The summed E-state index contributed by atoms with van der Waals surface area (Å²) < 4.78 is 12.8. The Bertz CT molecular complexity index is 672. The van der Waals surface area contributed by atoms with Gasteiger partial charge in [0.25, 0.3) is 5.91 Å². The molecule has 0 saturated heterocycles. The summed E-state index contributed by atoms with van der Waals surface area (Å²) in [6, 6.07) is 12.5. The number of rotatable bonds is 7. The molecule has 0 bridgehead atoms. The Balaban J connectivity index is 1.70. The number of hydrogen-bond acceptors (Lipinski definition) is 3. The number of halogens is 1. The van der Waals surface area contributed by atoms with Crippen LogP contribution in [0.1, 0.15) is 27.1 Å². The highest BCUT2D eigenvalue weighted by molar-refractivity contribution is 7.99. The second-order valence-corrected chi connectivity index (χ2v) is 6.02. The zero-order chi connectivity index (χ0) is 16.7. The van der Waals surface area contributed by atoms with Crippen molar-refractivity contribution in [3.8, 4) is 0 Å².